The Morgan fingerprint density at radius 2 is 2.16 bits per heavy atom. The molecular formula is C14H22N2O2S. The number of hydrogen-bond donors (Lipinski definition) is 0. The van der Waals surface area contributed by atoms with Gasteiger partial charge in [0.2, 0.25) is 0 Å². The molecule has 19 heavy (non-hydrogen) atoms. The third-order valence-electron chi connectivity index (χ3n) is 3.54. The Hall–Kier alpha value is -0.940. The van der Waals surface area contributed by atoms with E-state index in [1.165, 1.54) is 25.7 Å². The lowest BCUT2D eigenvalue weighted by atomic mass is 10.1. The predicted octanol–water partition coefficient (Wildman–Crippen LogP) is 3.01. The van der Waals surface area contributed by atoms with Gasteiger partial charge >= 0.3 is 5.97 Å². The lowest BCUT2D eigenvalue weighted by Gasteiger charge is -2.28. The summed E-state index contributed by atoms with van der Waals surface area (Å²) in [7, 11) is 0. The van der Waals surface area contributed by atoms with Gasteiger partial charge in [-0.15, -0.1) is 11.3 Å². The lowest BCUT2D eigenvalue weighted by Crippen LogP contribution is -2.32. The molecule has 0 N–H and O–H groups in total. The maximum atomic E-state index is 11.8. The van der Waals surface area contributed by atoms with Crippen molar-refractivity contribution in [1.82, 2.24) is 9.88 Å². The SMILES string of the molecule is CCOC(=O)CC(c1cscn1)N1CCCCCC1. The van der Waals surface area contributed by atoms with Gasteiger partial charge in [-0.25, -0.2) is 4.98 Å². The van der Waals surface area contributed by atoms with Crippen molar-refractivity contribution in [2.75, 3.05) is 19.7 Å². The molecule has 1 aromatic rings. The molecule has 5 heteroatoms. The van der Waals surface area contributed by atoms with Crippen LogP contribution in [0.15, 0.2) is 10.9 Å². The van der Waals surface area contributed by atoms with E-state index in [1.807, 2.05) is 12.4 Å². The monoisotopic (exact) mass is 282 g/mol. The van der Waals surface area contributed by atoms with E-state index < -0.39 is 0 Å². The number of hydrogen-bond acceptors (Lipinski definition) is 5. The highest BCUT2D eigenvalue weighted by molar-refractivity contribution is 7.07. The predicted molar refractivity (Wildman–Crippen MR) is 76.1 cm³/mol. The molecule has 2 heterocycles. The summed E-state index contributed by atoms with van der Waals surface area (Å²) in [5, 5.41) is 2.05. The number of thiazole rings is 1. The summed E-state index contributed by atoms with van der Waals surface area (Å²) >= 11 is 1.59. The summed E-state index contributed by atoms with van der Waals surface area (Å²) in [4.78, 5) is 18.6. The Bertz CT molecular complexity index is 373. The van der Waals surface area contributed by atoms with Gasteiger partial charge in [0.05, 0.1) is 30.3 Å². The van der Waals surface area contributed by atoms with Crippen LogP contribution in [0.1, 0.15) is 50.8 Å². The van der Waals surface area contributed by atoms with Crippen molar-refractivity contribution in [2.45, 2.75) is 45.1 Å². The fourth-order valence-corrected chi connectivity index (χ4v) is 3.19. The molecule has 1 aliphatic rings. The van der Waals surface area contributed by atoms with E-state index in [4.69, 9.17) is 4.74 Å². The molecule has 0 bridgehead atoms. The van der Waals surface area contributed by atoms with E-state index in [9.17, 15) is 4.79 Å². The minimum atomic E-state index is -0.121. The maximum absolute atomic E-state index is 11.8. The Balaban J connectivity index is 2.06. The first kappa shape index (κ1) is 14.5. The van der Waals surface area contributed by atoms with Gasteiger partial charge in [-0.05, 0) is 32.9 Å². The molecule has 4 nitrogen and oxygen atoms in total. The first-order valence-corrected chi connectivity index (χ1v) is 8.03. The third kappa shape index (κ3) is 4.28. The van der Waals surface area contributed by atoms with Gasteiger partial charge in [-0.3, -0.25) is 9.69 Å². The number of aromatic nitrogens is 1. The quantitative estimate of drug-likeness (QED) is 0.779. The van der Waals surface area contributed by atoms with E-state index in [0.717, 1.165) is 18.8 Å². The van der Waals surface area contributed by atoms with E-state index in [-0.39, 0.29) is 12.0 Å². The number of likely N-dealkylation sites (tertiary alicyclic amines) is 1. The van der Waals surface area contributed by atoms with Crippen molar-refractivity contribution in [3.63, 3.8) is 0 Å². The fourth-order valence-electron chi connectivity index (χ4n) is 2.59. The molecule has 1 saturated heterocycles. The van der Waals surface area contributed by atoms with Gasteiger partial charge in [0.25, 0.3) is 0 Å². The van der Waals surface area contributed by atoms with Crippen molar-refractivity contribution in [2.24, 2.45) is 0 Å². The first-order chi connectivity index (χ1) is 9.31. The second-order valence-corrected chi connectivity index (χ2v) is 5.61. The van der Waals surface area contributed by atoms with Crippen LogP contribution in [0.25, 0.3) is 0 Å². The molecular weight excluding hydrogens is 260 g/mol. The third-order valence-corrected chi connectivity index (χ3v) is 4.14. The van der Waals surface area contributed by atoms with Gasteiger partial charge in [-0.1, -0.05) is 12.8 Å². The van der Waals surface area contributed by atoms with E-state index in [1.54, 1.807) is 11.3 Å². The molecule has 106 valence electrons. The van der Waals surface area contributed by atoms with Gasteiger partial charge in [0.1, 0.15) is 0 Å². The minimum Gasteiger partial charge on any atom is -0.466 e. The second-order valence-electron chi connectivity index (χ2n) is 4.89. The van der Waals surface area contributed by atoms with Crippen LogP contribution in [-0.4, -0.2) is 35.5 Å². The van der Waals surface area contributed by atoms with E-state index in [0.29, 0.717) is 13.0 Å². The van der Waals surface area contributed by atoms with Crippen molar-refractivity contribution < 1.29 is 9.53 Å². The highest BCUT2D eigenvalue weighted by atomic mass is 32.1. The highest BCUT2D eigenvalue weighted by Crippen LogP contribution is 2.27. The maximum Gasteiger partial charge on any atom is 0.307 e. The molecule has 0 spiro atoms. The number of ether oxygens (including phenoxy) is 1. The number of rotatable bonds is 5. The zero-order valence-corrected chi connectivity index (χ0v) is 12.3. The summed E-state index contributed by atoms with van der Waals surface area (Å²) in [5.74, 6) is -0.121. The molecule has 1 unspecified atom stereocenters. The Morgan fingerprint density at radius 1 is 1.42 bits per heavy atom. The molecule has 0 saturated carbocycles. The molecule has 1 fully saturated rings. The van der Waals surface area contributed by atoms with Crippen LogP contribution < -0.4 is 0 Å². The number of esters is 1. The van der Waals surface area contributed by atoms with Crippen LogP contribution in [0.4, 0.5) is 0 Å². The number of carbonyl (C=O) groups is 1. The van der Waals surface area contributed by atoms with Gasteiger partial charge in [0, 0.05) is 5.38 Å². The average molecular weight is 282 g/mol. The van der Waals surface area contributed by atoms with Gasteiger partial charge in [0.15, 0.2) is 0 Å². The van der Waals surface area contributed by atoms with Crippen LogP contribution in [-0.2, 0) is 9.53 Å². The molecule has 1 aromatic heterocycles. The summed E-state index contributed by atoms with van der Waals surface area (Å²) in [6.07, 6.45) is 5.42. The normalized spacial score (nSPS) is 18.8. The molecule has 0 aliphatic carbocycles. The van der Waals surface area contributed by atoms with Crippen molar-refractivity contribution >= 4 is 17.3 Å². The second kappa shape index (κ2) is 7.60. The topological polar surface area (TPSA) is 42.4 Å². The number of carbonyl (C=O) groups excluding carboxylic acids is 1. The molecule has 1 aliphatic heterocycles. The van der Waals surface area contributed by atoms with Crippen molar-refractivity contribution in [3.8, 4) is 0 Å². The van der Waals surface area contributed by atoms with Crippen molar-refractivity contribution in [3.05, 3.63) is 16.6 Å². The summed E-state index contributed by atoms with van der Waals surface area (Å²) in [6.45, 7) is 4.41. The minimum absolute atomic E-state index is 0.0865. The summed E-state index contributed by atoms with van der Waals surface area (Å²) < 4.78 is 5.10. The zero-order valence-electron chi connectivity index (χ0n) is 11.5. The largest absolute Gasteiger partial charge is 0.466 e. The molecule has 2 rings (SSSR count). The van der Waals surface area contributed by atoms with Crippen LogP contribution in [0.3, 0.4) is 0 Å². The first-order valence-electron chi connectivity index (χ1n) is 7.09. The molecule has 0 amide bonds. The van der Waals surface area contributed by atoms with Gasteiger partial charge in [-0.2, -0.15) is 0 Å². The Morgan fingerprint density at radius 3 is 2.74 bits per heavy atom. The number of nitrogens with zero attached hydrogens (tertiary/aromatic N) is 2. The lowest BCUT2D eigenvalue weighted by molar-refractivity contribution is -0.144. The van der Waals surface area contributed by atoms with E-state index in [2.05, 4.69) is 15.3 Å². The zero-order chi connectivity index (χ0) is 13.5. The fraction of sp³-hybridized carbons (Fsp3) is 0.714. The summed E-state index contributed by atoms with van der Waals surface area (Å²) in [5.41, 5.74) is 2.85. The standard InChI is InChI=1S/C14H22N2O2S/c1-2-18-14(17)9-13(12-10-19-11-15-12)16-7-5-3-4-6-8-16/h10-11,13H,2-9H2,1H3. The smallest absolute Gasteiger partial charge is 0.307 e. The Kier molecular flexibility index (Phi) is 5.79. The average Bonchev–Trinajstić information content (AvgIpc) is 2.79. The van der Waals surface area contributed by atoms with Crippen LogP contribution in [0.5, 0.6) is 0 Å². The van der Waals surface area contributed by atoms with Gasteiger partial charge < -0.3 is 4.74 Å². The Labute approximate surface area is 118 Å². The molecule has 1 atom stereocenters. The van der Waals surface area contributed by atoms with Crippen molar-refractivity contribution in [1.29, 1.82) is 0 Å². The highest BCUT2D eigenvalue weighted by Gasteiger charge is 2.26. The van der Waals surface area contributed by atoms with Crippen LogP contribution >= 0.6 is 11.3 Å². The summed E-state index contributed by atoms with van der Waals surface area (Å²) in [6, 6.07) is 0.0865. The van der Waals surface area contributed by atoms with Crippen LogP contribution in [0.2, 0.25) is 0 Å². The van der Waals surface area contributed by atoms with E-state index >= 15 is 0 Å². The molecule has 0 radical (unpaired) electrons. The van der Waals surface area contributed by atoms with Crippen LogP contribution in [0, 0.1) is 0 Å². The molecule has 0 aromatic carbocycles.